The highest BCUT2D eigenvalue weighted by Crippen LogP contribution is 2.26. The van der Waals surface area contributed by atoms with Crippen molar-refractivity contribution in [1.82, 2.24) is 9.71 Å². The van der Waals surface area contributed by atoms with Crippen molar-refractivity contribution < 1.29 is 17.2 Å². The van der Waals surface area contributed by atoms with Crippen LogP contribution in [-0.2, 0) is 23.0 Å². The zero-order valence-corrected chi connectivity index (χ0v) is 13.5. The van der Waals surface area contributed by atoms with Gasteiger partial charge in [0.25, 0.3) is 0 Å². The average molecular weight is 378 g/mol. The van der Waals surface area contributed by atoms with Crippen molar-refractivity contribution >= 4 is 31.6 Å². The second kappa shape index (κ2) is 6.12. The van der Waals surface area contributed by atoms with E-state index < -0.39 is 20.7 Å². The minimum absolute atomic E-state index is 0.0210. The summed E-state index contributed by atoms with van der Waals surface area (Å²) < 4.78 is 45.6. The minimum atomic E-state index is -4.07. The largest absolute Gasteiger partial charge is 0.444 e. The number of aromatic nitrogens is 1. The number of sulfonamides is 1. The van der Waals surface area contributed by atoms with E-state index in [1.54, 1.807) is 0 Å². The fourth-order valence-electron chi connectivity index (χ4n) is 1.61. The van der Waals surface area contributed by atoms with Crippen LogP contribution in [0.1, 0.15) is 18.6 Å². The molecule has 21 heavy (non-hydrogen) atoms. The Morgan fingerprint density at radius 3 is 2.81 bits per heavy atom. The van der Waals surface area contributed by atoms with Crippen molar-refractivity contribution in [1.29, 1.82) is 0 Å². The van der Waals surface area contributed by atoms with Gasteiger partial charge in [0, 0.05) is 12.1 Å². The van der Waals surface area contributed by atoms with Gasteiger partial charge in [0.05, 0.1) is 17.2 Å². The van der Waals surface area contributed by atoms with Crippen LogP contribution in [0.4, 0.5) is 10.1 Å². The Kier molecular flexibility index (Phi) is 4.64. The monoisotopic (exact) mass is 377 g/mol. The van der Waals surface area contributed by atoms with Crippen molar-refractivity contribution in [2.24, 2.45) is 0 Å². The SMILES string of the molecule is CCc1cnc(CNS(=O)(=O)c2cc(N)cc(Br)c2F)o1. The molecule has 114 valence electrons. The number of nitrogens with two attached hydrogens (primary N) is 1. The van der Waals surface area contributed by atoms with Crippen LogP contribution < -0.4 is 10.5 Å². The van der Waals surface area contributed by atoms with Crippen molar-refractivity contribution in [3.63, 3.8) is 0 Å². The Hall–Kier alpha value is -1.45. The third-order valence-corrected chi connectivity index (χ3v) is 4.65. The first-order chi connectivity index (χ1) is 9.83. The highest BCUT2D eigenvalue weighted by molar-refractivity contribution is 9.10. The summed E-state index contributed by atoms with van der Waals surface area (Å²) >= 11 is 2.92. The smallest absolute Gasteiger partial charge is 0.244 e. The molecule has 0 aliphatic heterocycles. The molecule has 0 aliphatic carbocycles. The molecule has 0 atom stereocenters. The van der Waals surface area contributed by atoms with E-state index >= 15 is 0 Å². The van der Waals surface area contributed by atoms with Gasteiger partial charge < -0.3 is 10.2 Å². The summed E-state index contributed by atoms with van der Waals surface area (Å²) in [6.45, 7) is 1.71. The first-order valence-electron chi connectivity index (χ1n) is 6.01. The van der Waals surface area contributed by atoms with Crippen molar-refractivity contribution in [3.8, 4) is 0 Å². The van der Waals surface area contributed by atoms with Gasteiger partial charge in [-0.15, -0.1) is 0 Å². The van der Waals surface area contributed by atoms with Gasteiger partial charge in [0.1, 0.15) is 10.7 Å². The predicted molar refractivity (Wildman–Crippen MR) is 78.4 cm³/mol. The maximum Gasteiger partial charge on any atom is 0.244 e. The quantitative estimate of drug-likeness (QED) is 0.778. The van der Waals surface area contributed by atoms with Crippen molar-refractivity contribution in [2.75, 3.05) is 5.73 Å². The molecule has 0 bridgehead atoms. The first kappa shape index (κ1) is 15.9. The number of benzene rings is 1. The molecule has 1 heterocycles. The van der Waals surface area contributed by atoms with E-state index in [0.29, 0.717) is 12.2 Å². The number of oxazole rings is 1. The Bertz CT molecular complexity index is 761. The third kappa shape index (κ3) is 3.60. The minimum Gasteiger partial charge on any atom is -0.444 e. The lowest BCUT2D eigenvalue weighted by Crippen LogP contribution is -2.24. The standard InChI is InChI=1S/C12H13BrFN3O3S/c1-2-8-5-16-11(20-8)6-17-21(18,19)10-4-7(15)3-9(13)12(10)14/h3-5,17H,2,6,15H2,1H3. The van der Waals surface area contributed by atoms with E-state index in [9.17, 15) is 12.8 Å². The molecular weight excluding hydrogens is 365 g/mol. The number of aryl methyl sites for hydroxylation is 1. The third-order valence-electron chi connectivity index (χ3n) is 2.67. The van der Waals surface area contributed by atoms with Gasteiger partial charge >= 0.3 is 0 Å². The Morgan fingerprint density at radius 1 is 1.48 bits per heavy atom. The lowest BCUT2D eigenvalue weighted by atomic mass is 10.3. The average Bonchev–Trinajstić information content (AvgIpc) is 2.88. The predicted octanol–water partition coefficient (Wildman–Crippen LogP) is 2.20. The number of rotatable bonds is 5. The van der Waals surface area contributed by atoms with Crippen molar-refractivity contribution in [2.45, 2.75) is 24.8 Å². The molecule has 0 amide bonds. The highest BCUT2D eigenvalue weighted by Gasteiger charge is 2.22. The highest BCUT2D eigenvalue weighted by atomic mass is 79.9. The van der Waals surface area contributed by atoms with Crippen LogP contribution in [0.25, 0.3) is 0 Å². The van der Waals surface area contributed by atoms with E-state index in [2.05, 4.69) is 25.6 Å². The molecule has 0 aliphatic rings. The Labute approximate surface area is 129 Å². The number of hydrogen-bond donors (Lipinski definition) is 2. The lowest BCUT2D eigenvalue weighted by Gasteiger charge is -2.08. The topological polar surface area (TPSA) is 98.2 Å². The second-order valence-corrected chi connectivity index (χ2v) is 6.80. The molecule has 2 aromatic rings. The van der Waals surface area contributed by atoms with E-state index in [1.807, 2.05) is 6.92 Å². The molecule has 0 unspecified atom stereocenters. The summed E-state index contributed by atoms with van der Waals surface area (Å²) in [5.41, 5.74) is 5.67. The van der Waals surface area contributed by atoms with Crippen LogP contribution in [0.5, 0.6) is 0 Å². The number of nitrogens with one attached hydrogen (secondary N) is 1. The number of nitrogen functional groups attached to an aromatic ring is 1. The summed E-state index contributed by atoms with van der Waals surface area (Å²) in [5.74, 6) is -0.0563. The van der Waals surface area contributed by atoms with E-state index in [4.69, 9.17) is 10.2 Å². The van der Waals surface area contributed by atoms with Gasteiger partial charge in [-0.1, -0.05) is 6.92 Å². The Morgan fingerprint density at radius 2 is 2.19 bits per heavy atom. The normalized spacial score (nSPS) is 11.8. The number of hydrogen-bond acceptors (Lipinski definition) is 5. The van der Waals surface area contributed by atoms with Crippen molar-refractivity contribution in [3.05, 3.63) is 40.3 Å². The number of anilines is 1. The molecule has 1 aromatic heterocycles. The van der Waals surface area contributed by atoms with Gasteiger partial charge in [-0.05, 0) is 28.1 Å². The van der Waals surface area contributed by atoms with Gasteiger partial charge in [0.2, 0.25) is 15.9 Å². The molecule has 0 spiro atoms. The summed E-state index contributed by atoms with van der Waals surface area (Å²) in [4.78, 5) is 3.39. The molecule has 6 nitrogen and oxygen atoms in total. The van der Waals surface area contributed by atoms with Gasteiger partial charge in [-0.3, -0.25) is 0 Å². The maximum absolute atomic E-state index is 13.9. The molecule has 9 heteroatoms. The Balaban J connectivity index is 2.22. The first-order valence-corrected chi connectivity index (χ1v) is 8.29. The van der Waals surface area contributed by atoms with Crippen LogP contribution in [0.2, 0.25) is 0 Å². The van der Waals surface area contributed by atoms with Crippen LogP contribution in [0.15, 0.2) is 32.1 Å². The fraction of sp³-hybridized carbons (Fsp3) is 0.250. The molecule has 2 rings (SSSR count). The molecule has 0 saturated heterocycles. The van der Waals surface area contributed by atoms with E-state index in [-0.39, 0.29) is 22.6 Å². The van der Waals surface area contributed by atoms with E-state index in [1.165, 1.54) is 12.3 Å². The van der Waals surface area contributed by atoms with Crippen LogP contribution in [0, 0.1) is 5.82 Å². The van der Waals surface area contributed by atoms with E-state index in [0.717, 1.165) is 6.07 Å². The lowest BCUT2D eigenvalue weighted by molar-refractivity contribution is 0.451. The second-order valence-electron chi connectivity index (χ2n) is 4.21. The number of nitrogens with zero attached hydrogens (tertiary/aromatic N) is 1. The molecule has 1 aromatic carbocycles. The van der Waals surface area contributed by atoms with Crippen LogP contribution >= 0.6 is 15.9 Å². The van der Waals surface area contributed by atoms with Crippen LogP contribution in [-0.4, -0.2) is 13.4 Å². The molecular formula is C12H13BrFN3O3S. The number of halogens is 2. The van der Waals surface area contributed by atoms with Gasteiger partial charge in [0.15, 0.2) is 5.82 Å². The molecule has 0 radical (unpaired) electrons. The van der Waals surface area contributed by atoms with Crippen LogP contribution in [0.3, 0.4) is 0 Å². The maximum atomic E-state index is 13.9. The molecule has 0 saturated carbocycles. The molecule has 0 fully saturated rings. The molecule has 3 N–H and O–H groups in total. The summed E-state index contributed by atoms with van der Waals surface area (Å²) in [6.07, 6.45) is 2.16. The zero-order chi connectivity index (χ0) is 15.6. The fourth-order valence-corrected chi connectivity index (χ4v) is 3.32. The summed E-state index contributed by atoms with van der Waals surface area (Å²) in [6, 6.07) is 2.34. The summed E-state index contributed by atoms with van der Waals surface area (Å²) in [5, 5.41) is 0. The van der Waals surface area contributed by atoms with Gasteiger partial charge in [-0.2, -0.15) is 0 Å². The van der Waals surface area contributed by atoms with Gasteiger partial charge in [-0.25, -0.2) is 22.5 Å². The zero-order valence-electron chi connectivity index (χ0n) is 11.1. The summed E-state index contributed by atoms with van der Waals surface area (Å²) in [7, 11) is -4.07.